The molecule has 6 nitrogen and oxygen atoms in total. The first-order chi connectivity index (χ1) is 9.49. The number of primary amides is 1. The van der Waals surface area contributed by atoms with Crippen molar-refractivity contribution in [3.63, 3.8) is 0 Å². The number of imidazole rings is 1. The van der Waals surface area contributed by atoms with E-state index in [1.54, 1.807) is 0 Å². The second-order valence-corrected chi connectivity index (χ2v) is 5.03. The van der Waals surface area contributed by atoms with E-state index in [2.05, 4.69) is 15.3 Å². The third kappa shape index (κ3) is 3.03. The Morgan fingerprint density at radius 1 is 1.35 bits per heavy atom. The molecule has 2 aromatic rings. The van der Waals surface area contributed by atoms with E-state index in [1.165, 1.54) is 0 Å². The van der Waals surface area contributed by atoms with Crippen LogP contribution >= 0.6 is 0 Å². The van der Waals surface area contributed by atoms with E-state index in [0.717, 1.165) is 11.0 Å². The van der Waals surface area contributed by atoms with Crippen LogP contribution in [0, 0.1) is 5.92 Å². The van der Waals surface area contributed by atoms with Crippen LogP contribution in [-0.2, 0) is 4.79 Å². The van der Waals surface area contributed by atoms with Gasteiger partial charge in [0.05, 0.1) is 23.6 Å². The smallest absolute Gasteiger partial charge is 0.234 e. The van der Waals surface area contributed by atoms with Crippen LogP contribution in [0.25, 0.3) is 11.0 Å². The van der Waals surface area contributed by atoms with Gasteiger partial charge in [-0.1, -0.05) is 26.0 Å². The lowest BCUT2D eigenvalue weighted by Gasteiger charge is -2.17. The molecule has 1 heterocycles. The van der Waals surface area contributed by atoms with Crippen LogP contribution in [0.2, 0.25) is 0 Å². The maximum Gasteiger partial charge on any atom is 0.234 e. The molecule has 106 valence electrons. The molecule has 0 fully saturated rings. The number of fused-ring (bicyclic) bond motifs is 1. The first-order valence-electron chi connectivity index (χ1n) is 6.49. The topological polar surface area (TPSA) is 101 Å². The monoisotopic (exact) mass is 274 g/mol. The minimum Gasteiger partial charge on any atom is -0.368 e. The van der Waals surface area contributed by atoms with E-state index in [4.69, 9.17) is 5.73 Å². The van der Waals surface area contributed by atoms with Crippen LogP contribution in [0.5, 0.6) is 0 Å². The Labute approximate surface area is 116 Å². The fourth-order valence-corrected chi connectivity index (χ4v) is 2.04. The van der Waals surface area contributed by atoms with Crippen LogP contribution in [0.4, 0.5) is 0 Å². The maximum absolute atomic E-state index is 12.1. The quantitative estimate of drug-likeness (QED) is 0.679. The van der Waals surface area contributed by atoms with Gasteiger partial charge in [-0.3, -0.25) is 14.9 Å². The molecule has 1 amide bonds. The summed E-state index contributed by atoms with van der Waals surface area (Å²) in [6.07, 6.45) is 0. The van der Waals surface area contributed by atoms with Crippen molar-refractivity contribution in [2.45, 2.75) is 19.9 Å². The number of amides is 1. The molecule has 6 heteroatoms. The minimum atomic E-state index is -0.525. The lowest BCUT2D eigenvalue weighted by atomic mass is 10.0. The number of nitrogens with one attached hydrogen (secondary N) is 2. The number of hydrogen-bond acceptors (Lipinski definition) is 4. The Morgan fingerprint density at radius 2 is 2.05 bits per heavy atom. The summed E-state index contributed by atoms with van der Waals surface area (Å²) in [6.45, 7) is 3.76. The Balaban J connectivity index is 2.06. The summed E-state index contributed by atoms with van der Waals surface area (Å²) in [4.78, 5) is 30.5. The molecule has 20 heavy (non-hydrogen) atoms. The summed E-state index contributed by atoms with van der Waals surface area (Å²) in [6, 6.07) is 6.89. The average molecular weight is 274 g/mol. The van der Waals surface area contributed by atoms with Gasteiger partial charge >= 0.3 is 0 Å². The van der Waals surface area contributed by atoms with Crippen LogP contribution in [0.3, 0.4) is 0 Å². The van der Waals surface area contributed by atoms with Crippen molar-refractivity contribution < 1.29 is 9.59 Å². The molecule has 0 saturated heterocycles. The highest BCUT2D eigenvalue weighted by Crippen LogP contribution is 2.10. The molecule has 1 aromatic heterocycles. The van der Waals surface area contributed by atoms with Gasteiger partial charge in [0.25, 0.3) is 0 Å². The Morgan fingerprint density at radius 3 is 2.65 bits per heavy atom. The van der Waals surface area contributed by atoms with Crippen molar-refractivity contribution in [1.29, 1.82) is 0 Å². The van der Waals surface area contributed by atoms with Gasteiger partial charge in [-0.2, -0.15) is 0 Å². The number of benzene rings is 1. The Hall–Kier alpha value is -2.21. The summed E-state index contributed by atoms with van der Waals surface area (Å²) >= 11 is 0. The zero-order chi connectivity index (χ0) is 14.7. The highest BCUT2D eigenvalue weighted by Gasteiger charge is 2.21. The molecule has 0 aliphatic heterocycles. The van der Waals surface area contributed by atoms with Crippen molar-refractivity contribution >= 4 is 22.7 Å². The van der Waals surface area contributed by atoms with Gasteiger partial charge in [-0.15, -0.1) is 0 Å². The first-order valence-corrected chi connectivity index (χ1v) is 6.49. The van der Waals surface area contributed by atoms with E-state index in [0.29, 0.717) is 0 Å². The highest BCUT2D eigenvalue weighted by atomic mass is 16.1. The highest BCUT2D eigenvalue weighted by molar-refractivity contribution is 5.97. The van der Waals surface area contributed by atoms with Gasteiger partial charge in [-0.05, 0) is 18.1 Å². The molecular weight excluding hydrogens is 256 g/mol. The number of Topliss-reactive ketones (excluding diaryl/α,β-unsaturated/α-hetero) is 1. The lowest BCUT2D eigenvalue weighted by Crippen LogP contribution is -2.46. The standard InChI is InChI=1S/C14H18N4O2/c1-8(2)12(13(15)20)16-7-11(19)14-17-9-5-3-4-6-10(9)18-14/h3-6,8,12,16H,7H2,1-2H3,(H2,15,20)(H,17,18)/t12-/m0/s1. The second kappa shape index (κ2) is 5.83. The van der Waals surface area contributed by atoms with Crippen molar-refractivity contribution in [2.75, 3.05) is 6.54 Å². The first kappa shape index (κ1) is 14.2. The molecule has 1 atom stereocenters. The van der Waals surface area contributed by atoms with Gasteiger partial charge in [0.15, 0.2) is 5.82 Å². The number of nitrogens with zero attached hydrogens (tertiary/aromatic N) is 1. The predicted octanol–water partition coefficient (Wildman–Crippen LogP) is 0.845. The van der Waals surface area contributed by atoms with Crippen LogP contribution in [0.1, 0.15) is 24.5 Å². The Bertz CT molecular complexity index is 600. The molecule has 0 saturated carbocycles. The third-order valence-electron chi connectivity index (χ3n) is 3.11. The van der Waals surface area contributed by atoms with Crippen molar-refractivity contribution in [1.82, 2.24) is 15.3 Å². The molecule has 0 aliphatic carbocycles. The molecule has 0 bridgehead atoms. The zero-order valence-electron chi connectivity index (χ0n) is 11.5. The normalized spacial score (nSPS) is 12.8. The van der Waals surface area contributed by atoms with Gasteiger partial charge in [0.2, 0.25) is 11.7 Å². The van der Waals surface area contributed by atoms with Crippen molar-refractivity contribution in [2.24, 2.45) is 11.7 Å². The van der Waals surface area contributed by atoms with E-state index < -0.39 is 11.9 Å². The SMILES string of the molecule is CC(C)[C@H](NCC(=O)c1nc2ccccc2[nH]1)C(N)=O. The van der Waals surface area contributed by atoms with Gasteiger partial charge in [0, 0.05) is 0 Å². The van der Waals surface area contributed by atoms with Gasteiger partial charge in [0.1, 0.15) is 0 Å². The molecule has 0 radical (unpaired) electrons. The fraction of sp³-hybridized carbons (Fsp3) is 0.357. The number of H-pyrrole nitrogens is 1. The summed E-state index contributed by atoms with van der Waals surface area (Å²) in [5, 5.41) is 2.88. The largest absolute Gasteiger partial charge is 0.368 e. The second-order valence-electron chi connectivity index (χ2n) is 5.03. The Kier molecular flexibility index (Phi) is 4.14. The van der Waals surface area contributed by atoms with E-state index in [9.17, 15) is 9.59 Å². The number of carbonyl (C=O) groups is 2. The molecule has 0 unspecified atom stereocenters. The van der Waals surface area contributed by atoms with Crippen molar-refractivity contribution in [3.8, 4) is 0 Å². The summed E-state index contributed by atoms with van der Waals surface area (Å²) < 4.78 is 0. The molecule has 4 N–H and O–H groups in total. The number of aromatic amines is 1. The molecule has 2 rings (SSSR count). The number of hydrogen-bond donors (Lipinski definition) is 3. The van der Waals surface area contributed by atoms with Gasteiger partial charge in [-0.25, -0.2) is 4.98 Å². The number of ketones is 1. The van der Waals surface area contributed by atoms with Crippen LogP contribution in [0.15, 0.2) is 24.3 Å². The van der Waals surface area contributed by atoms with E-state index >= 15 is 0 Å². The van der Waals surface area contributed by atoms with Crippen molar-refractivity contribution in [3.05, 3.63) is 30.1 Å². The predicted molar refractivity (Wildman–Crippen MR) is 76.2 cm³/mol. The third-order valence-corrected chi connectivity index (χ3v) is 3.11. The van der Waals surface area contributed by atoms with Crippen LogP contribution in [-0.4, -0.2) is 34.2 Å². The summed E-state index contributed by atoms with van der Waals surface area (Å²) in [5.41, 5.74) is 6.84. The summed E-state index contributed by atoms with van der Waals surface area (Å²) in [7, 11) is 0. The number of nitrogens with two attached hydrogens (primary N) is 1. The number of para-hydroxylation sites is 2. The van der Waals surface area contributed by atoms with E-state index in [-0.39, 0.29) is 24.1 Å². The number of aromatic nitrogens is 2. The minimum absolute atomic E-state index is 0.0195. The molecular formula is C14H18N4O2. The average Bonchev–Trinajstić information content (AvgIpc) is 2.81. The molecule has 1 aromatic carbocycles. The fourth-order valence-electron chi connectivity index (χ4n) is 2.04. The number of rotatable bonds is 6. The molecule has 0 spiro atoms. The molecule has 0 aliphatic rings. The maximum atomic E-state index is 12.1. The lowest BCUT2D eigenvalue weighted by molar-refractivity contribution is -0.120. The zero-order valence-corrected chi connectivity index (χ0v) is 11.5. The summed E-state index contributed by atoms with van der Waals surface area (Å²) in [5.74, 6) is -0.354. The van der Waals surface area contributed by atoms with E-state index in [1.807, 2.05) is 38.1 Å². The number of carbonyl (C=O) groups excluding carboxylic acids is 2. The van der Waals surface area contributed by atoms with Crippen LogP contribution < -0.4 is 11.1 Å². The van der Waals surface area contributed by atoms with Gasteiger partial charge < -0.3 is 10.7 Å².